The van der Waals surface area contributed by atoms with E-state index < -0.39 is 27.6 Å². The van der Waals surface area contributed by atoms with Crippen LogP contribution in [0.2, 0.25) is 0 Å². The van der Waals surface area contributed by atoms with Crippen molar-refractivity contribution in [3.8, 4) is 5.88 Å². The highest BCUT2D eigenvalue weighted by atomic mass is 32.2. The number of hydrogen-bond acceptors (Lipinski definition) is 6. The summed E-state index contributed by atoms with van der Waals surface area (Å²) < 4.78 is 65.5. The van der Waals surface area contributed by atoms with Gasteiger partial charge in [-0.2, -0.15) is 26.7 Å². The van der Waals surface area contributed by atoms with Crippen LogP contribution in [0, 0.1) is 0 Å². The molecule has 1 saturated carbocycles. The van der Waals surface area contributed by atoms with Crippen molar-refractivity contribution in [2.45, 2.75) is 63.6 Å². The molecule has 0 radical (unpaired) electrons. The van der Waals surface area contributed by atoms with E-state index in [9.17, 15) is 26.4 Å². The molecule has 4 rings (SSSR count). The van der Waals surface area contributed by atoms with Crippen molar-refractivity contribution < 1.29 is 35.3 Å². The molecular weight excluding hydrogens is 403 g/mol. The van der Waals surface area contributed by atoms with Crippen LogP contribution >= 0.6 is 0 Å². The highest BCUT2D eigenvalue weighted by Gasteiger charge is 2.56. The number of aromatic nitrogens is 2. The number of hydrogen-bond donors (Lipinski definition) is 0. The SMILES string of the molecule is CC(C)(C)OC(=O)N1CCc2nn3c(c2CC1)OS(=O)(=O)C1CC13.FC(F)F. The van der Waals surface area contributed by atoms with Crippen LogP contribution in [-0.4, -0.2) is 59.8 Å². The average Bonchev–Trinajstić information content (AvgIpc) is 3.29. The van der Waals surface area contributed by atoms with Gasteiger partial charge in [-0.1, -0.05) is 0 Å². The van der Waals surface area contributed by atoms with Gasteiger partial charge in [0.2, 0.25) is 5.88 Å². The van der Waals surface area contributed by atoms with Crippen molar-refractivity contribution in [3.63, 3.8) is 0 Å². The lowest BCUT2D eigenvalue weighted by Gasteiger charge is -2.26. The summed E-state index contributed by atoms with van der Waals surface area (Å²) in [6, 6.07) is -0.0902. The first-order valence-corrected chi connectivity index (χ1v) is 10.3. The van der Waals surface area contributed by atoms with Gasteiger partial charge < -0.3 is 13.8 Å². The van der Waals surface area contributed by atoms with Crippen LogP contribution in [0.25, 0.3) is 0 Å². The molecule has 2 unspecified atom stereocenters. The summed E-state index contributed by atoms with van der Waals surface area (Å²) >= 11 is 0. The molecule has 0 aromatic carbocycles. The normalized spacial score (nSPS) is 24.6. The zero-order valence-electron chi connectivity index (χ0n) is 15.7. The fraction of sp³-hybridized carbons (Fsp3) is 0.750. The Morgan fingerprint density at radius 3 is 2.46 bits per heavy atom. The van der Waals surface area contributed by atoms with E-state index in [1.807, 2.05) is 20.8 Å². The van der Waals surface area contributed by atoms with Crippen LogP contribution in [0.3, 0.4) is 0 Å². The summed E-state index contributed by atoms with van der Waals surface area (Å²) in [5.74, 6) is 0.342. The molecule has 2 aliphatic heterocycles. The summed E-state index contributed by atoms with van der Waals surface area (Å²) in [6.45, 7) is 2.78. The summed E-state index contributed by atoms with van der Waals surface area (Å²) in [7, 11) is -3.54. The lowest BCUT2D eigenvalue weighted by atomic mass is 10.1. The first-order valence-electron chi connectivity index (χ1n) is 8.83. The van der Waals surface area contributed by atoms with Gasteiger partial charge in [0.25, 0.3) is 0 Å². The Hall–Kier alpha value is -1.98. The highest BCUT2D eigenvalue weighted by molar-refractivity contribution is 7.88. The van der Waals surface area contributed by atoms with E-state index in [4.69, 9.17) is 8.92 Å². The molecule has 2 atom stereocenters. The van der Waals surface area contributed by atoms with Gasteiger partial charge in [0.15, 0.2) is 0 Å². The van der Waals surface area contributed by atoms with Gasteiger partial charge in [-0.05, 0) is 33.6 Å². The molecule has 3 aliphatic rings. The number of alkyl halides is 3. The Labute approximate surface area is 160 Å². The van der Waals surface area contributed by atoms with Gasteiger partial charge in [0.05, 0.1) is 11.7 Å². The third kappa shape index (κ3) is 4.36. The van der Waals surface area contributed by atoms with Crippen molar-refractivity contribution >= 4 is 16.2 Å². The monoisotopic (exact) mass is 425 g/mol. The number of carbonyl (C=O) groups is 1. The van der Waals surface area contributed by atoms with Gasteiger partial charge in [-0.15, -0.1) is 0 Å². The summed E-state index contributed by atoms with van der Waals surface area (Å²) in [5, 5.41) is 4.10. The number of halogens is 3. The van der Waals surface area contributed by atoms with Crippen LogP contribution < -0.4 is 4.18 Å². The molecule has 1 aromatic rings. The molecule has 12 heteroatoms. The van der Waals surface area contributed by atoms with E-state index >= 15 is 0 Å². The first-order chi connectivity index (χ1) is 12.9. The molecular formula is C16H22F3N3O5S. The molecule has 1 aromatic heterocycles. The van der Waals surface area contributed by atoms with Gasteiger partial charge in [-0.25, -0.2) is 9.48 Å². The number of nitrogens with zero attached hydrogens (tertiary/aromatic N) is 3. The van der Waals surface area contributed by atoms with Gasteiger partial charge in [0, 0.05) is 25.1 Å². The second-order valence-electron chi connectivity index (χ2n) is 7.81. The zero-order valence-corrected chi connectivity index (χ0v) is 16.5. The maximum absolute atomic E-state index is 12.2. The van der Waals surface area contributed by atoms with Crippen LogP contribution in [-0.2, 0) is 27.7 Å². The third-order valence-electron chi connectivity index (χ3n) is 4.52. The highest BCUT2D eigenvalue weighted by Crippen LogP contribution is 2.50. The van der Waals surface area contributed by atoms with Crippen molar-refractivity contribution in [2.75, 3.05) is 13.1 Å². The van der Waals surface area contributed by atoms with E-state index in [-0.39, 0.29) is 12.1 Å². The maximum Gasteiger partial charge on any atom is 0.410 e. The first kappa shape index (κ1) is 20.7. The summed E-state index contributed by atoms with van der Waals surface area (Å²) in [4.78, 5) is 13.9. The van der Waals surface area contributed by atoms with Gasteiger partial charge >= 0.3 is 22.9 Å². The lowest BCUT2D eigenvalue weighted by molar-refractivity contribution is 0.00814. The molecule has 28 heavy (non-hydrogen) atoms. The largest absolute Gasteiger partial charge is 0.444 e. The molecule has 0 saturated heterocycles. The number of ether oxygens (including phenoxy) is 1. The predicted octanol–water partition coefficient (Wildman–Crippen LogP) is 2.43. The Kier molecular flexibility index (Phi) is 5.28. The smallest absolute Gasteiger partial charge is 0.410 e. The molecule has 1 amide bonds. The minimum absolute atomic E-state index is 0.0902. The molecule has 0 spiro atoms. The van der Waals surface area contributed by atoms with E-state index in [1.165, 1.54) is 0 Å². The van der Waals surface area contributed by atoms with E-state index in [1.54, 1.807) is 9.58 Å². The minimum atomic E-state index is -3.67. The molecule has 1 aliphatic carbocycles. The Morgan fingerprint density at radius 1 is 1.25 bits per heavy atom. The van der Waals surface area contributed by atoms with Crippen LogP contribution in [0.4, 0.5) is 18.0 Å². The molecule has 158 valence electrons. The number of fused-ring (bicyclic) bond motifs is 5. The van der Waals surface area contributed by atoms with Crippen LogP contribution in [0.15, 0.2) is 0 Å². The van der Waals surface area contributed by atoms with Crippen molar-refractivity contribution in [1.29, 1.82) is 0 Å². The van der Waals surface area contributed by atoms with Crippen molar-refractivity contribution in [1.82, 2.24) is 14.7 Å². The molecule has 1 fully saturated rings. The minimum Gasteiger partial charge on any atom is -0.444 e. The quantitative estimate of drug-likeness (QED) is 0.593. The lowest BCUT2D eigenvalue weighted by Crippen LogP contribution is -2.38. The van der Waals surface area contributed by atoms with Gasteiger partial charge in [-0.3, -0.25) is 0 Å². The third-order valence-corrected chi connectivity index (χ3v) is 6.16. The fourth-order valence-electron chi connectivity index (χ4n) is 3.27. The summed E-state index contributed by atoms with van der Waals surface area (Å²) in [6.07, 6.45) is 1.29. The molecule has 0 bridgehead atoms. The number of amides is 1. The van der Waals surface area contributed by atoms with E-state index in [2.05, 4.69) is 5.10 Å². The second-order valence-corrected chi connectivity index (χ2v) is 9.57. The van der Waals surface area contributed by atoms with Crippen LogP contribution in [0.5, 0.6) is 5.88 Å². The van der Waals surface area contributed by atoms with Crippen molar-refractivity contribution in [3.05, 3.63) is 11.3 Å². The summed E-state index contributed by atoms with van der Waals surface area (Å²) in [5.41, 5.74) is 1.07. The Morgan fingerprint density at radius 2 is 1.86 bits per heavy atom. The van der Waals surface area contributed by atoms with Crippen molar-refractivity contribution in [2.24, 2.45) is 0 Å². The average molecular weight is 425 g/mol. The van der Waals surface area contributed by atoms with E-state index in [0.717, 1.165) is 11.3 Å². The van der Waals surface area contributed by atoms with Crippen LogP contribution in [0.1, 0.15) is 44.5 Å². The number of rotatable bonds is 0. The predicted molar refractivity (Wildman–Crippen MR) is 91.5 cm³/mol. The number of carbonyl (C=O) groups excluding carboxylic acids is 1. The Balaban J connectivity index is 0.000000516. The zero-order chi connectivity index (χ0) is 20.9. The Bertz CT molecular complexity index is 863. The van der Waals surface area contributed by atoms with E-state index in [0.29, 0.717) is 38.2 Å². The maximum atomic E-state index is 12.2. The molecule has 3 heterocycles. The standard InChI is InChI=1S/C15H21N3O5S.CHF3/c1-15(2,3)22-14(19)17-6-4-9-10(5-7-17)16-18-11-8-12(11)24(20,21)23-13(9)18;2-1(3)4/h11-12H,4-8H2,1-3H3;1H. The van der Waals surface area contributed by atoms with Gasteiger partial charge in [0.1, 0.15) is 10.9 Å². The topological polar surface area (TPSA) is 90.7 Å². The molecule has 8 nitrogen and oxygen atoms in total. The fourth-order valence-corrected chi connectivity index (χ4v) is 4.72. The second kappa shape index (κ2) is 7.12. The molecule has 0 N–H and O–H groups in total.